The molecule has 1 aliphatic heterocycles. The van der Waals surface area contributed by atoms with Gasteiger partial charge in [0, 0.05) is 31.2 Å². The van der Waals surface area contributed by atoms with Gasteiger partial charge >= 0.3 is 0 Å². The summed E-state index contributed by atoms with van der Waals surface area (Å²) in [7, 11) is 1.63. The maximum atomic E-state index is 11.2. The summed E-state index contributed by atoms with van der Waals surface area (Å²) in [5.41, 5.74) is 2.99. The van der Waals surface area contributed by atoms with Crippen LogP contribution in [0.4, 0.5) is 0 Å². The van der Waals surface area contributed by atoms with Crippen LogP contribution >= 0.6 is 0 Å². The van der Waals surface area contributed by atoms with Gasteiger partial charge in [-0.3, -0.25) is 4.79 Å². The lowest BCUT2D eigenvalue weighted by Crippen LogP contribution is -2.36. The Bertz CT molecular complexity index is 755. The number of benzene rings is 1. The van der Waals surface area contributed by atoms with E-state index in [0.717, 1.165) is 22.4 Å². The molecule has 0 aliphatic carbocycles. The summed E-state index contributed by atoms with van der Waals surface area (Å²) < 4.78 is 22.4. The van der Waals surface area contributed by atoms with Crippen molar-refractivity contribution >= 4 is 6.29 Å². The lowest BCUT2D eigenvalue weighted by Gasteiger charge is -2.33. The molecule has 25 heavy (non-hydrogen) atoms. The van der Waals surface area contributed by atoms with Crippen LogP contribution < -0.4 is 9.47 Å². The minimum Gasteiger partial charge on any atom is -0.497 e. The molecule has 0 N–H and O–H groups in total. The molecule has 132 valence electrons. The number of carbonyl (C=O) groups is 1. The molecule has 1 aromatic carbocycles. The normalized spacial score (nSPS) is 15.2. The molecule has 6 heteroatoms. The van der Waals surface area contributed by atoms with Crippen LogP contribution in [0.5, 0.6) is 11.5 Å². The molecule has 0 amide bonds. The molecule has 2 heterocycles. The van der Waals surface area contributed by atoms with E-state index in [2.05, 4.69) is 4.98 Å². The zero-order valence-electron chi connectivity index (χ0n) is 14.6. The van der Waals surface area contributed by atoms with Crippen molar-refractivity contribution in [3.05, 3.63) is 52.8 Å². The second-order valence-corrected chi connectivity index (χ2v) is 6.23. The highest BCUT2D eigenvalue weighted by atomic mass is 16.7. The molecule has 6 nitrogen and oxygen atoms in total. The van der Waals surface area contributed by atoms with Crippen molar-refractivity contribution in [2.45, 2.75) is 39.5 Å². The van der Waals surface area contributed by atoms with Crippen LogP contribution in [0.2, 0.25) is 0 Å². The predicted octanol–water partition coefficient (Wildman–Crippen LogP) is 3.26. The molecule has 0 saturated heterocycles. The fourth-order valence-electron chi connectivity index (χ4n) is 2.59. The maximum Gasteiger partial charge on any atom is 0.205 e. The highest BCUT2D eigenvalue weighted by Crippen LogP contribution is 2.35. The van der Waals surface area contributed by atoms with E-state index in [0.29, 0.717) is 31.9 Å². The molecular formula is C19H21NO5. The Morgan fingerprint density at radius 3 is 2.68 bits per heavy atom. The largest absolute Gasteiger partial charge is 0.497 e. The standard InChI is InChI=1S/C19H21NO5/c1-19(2)24-12-16-14(8-20-17(9-21)18(16)25-19)11-23-10-13-4-6-15(22-3)7-5-13/h4-9H,10-12H2,1-3H3. The van der Waals surface area contributed by atoms with E-state index >= 15 is 0 Å². The number of aldehydes is 1. The topological polar surface area (TPSA) is 66.9 Å². The zero-order chi connectivity index (χ0) is 17.9. The van der Waals surface area contributed by atoms with Crippen molar-refractivity contribution in [3.63, 3.8) is 0 Å². The Morgan fingerprint density at radius 1 is 1.24 bits per heavy atom. The number of fused-ring (bicyclic) bond motifs is 1. The number of ether oxygens (including phenoxy) is 4. The molecule has 0 spiro atoms. The van der Waals surface area contributed by atoms with E-state index in [1.807, 2.05) is 24.3 Å². The lowest BCUT2D eigenvalue weighted by atomic mass is 10.1. The molecule has 1 aliphatic rings. The fourth-order valence-corrected chi connectivity index (χ4v) is 2.59. The molecule has 3 rings (SSSR count). The van der Waals surface area contributed by atoms with Crippen LogP contribution in [-0.2, 0) is 29.3 Å². The van der Waals surface area contributed by atoms with Crippen molar-refractivity contribution in [1.29, 1.82) is 0 Å². The van der Waals surface area contributed by atoms with Gasteiger partial charge in [0.25, 0.3) is 0 Å². The van der Waals surface area contributed by atoms with Gasteiger partial charge in [-0.2, -0.15) is 0 Å². The van der Waals surface area contributed by atoms with Gasteiger partial charge in [-0.05, 0) is 17.7 Å². The number of hydrogen-bond donors (Lipinski definition) is 0. The van der Waals surface area contributed by atoms with Gasteiger partial charge in [-0.15, -0.1) is 0 Å². The van der Waals surface area contributed by atoms with Crippen LogP contribution in [0, 0.1) is 0 Å². The van der Waals surface area contributed by atoms with Crippen molar-refractivity contribution in [3.8, 4) is 11.5 Å². The Labute approximate surface area is 146 Å². The third-order valence-corrected chi connectivity index (χ3v) is 3.96. The van der Waals surface area contributed by atoms with E-state index < -0.39 is 5.79 Å². The third kappa shape index (κ3) is 3.97. The molecule has 0 fully saturated rings. The Balaban J connectivity index is 1.71. The van der Waals surface area contributed by atoms with Crippen molar-refractivity contribution in [2.75, 3.05) is 7.11 Å². The smallest absolute Gasteiger partial charge is 0.205 e. The van der Waals surface area contributed by atoms with E-state index in [9.17, 15) is 4.79 Å². The first kappa shape index (κ1) is 17.4. The summed E-state index contributed by atoms with van der Waals surface area (Å²) in [4.78, 5) is 15.4. The van der Waals surface area contributed by atoms with Gasteiger partial charge in [0.05, 0.1) is 26.9 Å². The highest BCUT2D eigenvalue weighted by Gasteiger charge is 2.31. The van der Waals surface area contributed by atoms with Crippen LogP contribution in [0.1, 0.15) is 41.0 Å². The van der Waals surface area contributed by atoms with E-state index in [1.54, 1.807) is 27.2 Å². The average molecular weight is 343 g/mol. The van der Waals surface area contributed by atoms with Crippen LogP contribution in [-0.4, -0.2) is 24.2 Å². The van der Waals surface area contributed by atoms with E-state index in [4.69, 9.17) is 18.9 Å². The van der Waals surface area contributed by atoms with Crippen molar-refractivity contribution in [1.82, 2.24) is 4.98 Å². The second-order valence-electron chi connectivity index (χ2n) is 6.23. The summed E-state index contributed by atoms with van der Waals surface area (Å²) in [6.07, 6.45) is 2.34. The van der Waals surface area contributed by atoms with Crippen molar-refractivity contribution < 1.29 is 23.7 Å². The number of hydrogen-bond acceptors (Lipinski definition) is 6. The molecule has 0 atom stereocenters. The Morgan fingerprint density at radius 2 is 2.00 bits per heavy atom. The first-order chi connectivity index (χ1) is 12.0. The first-order valence-electron chi connectivity index (χ1n) is 8.02. The fraction of sp³-hybridized carbons (Fsp3) is 0.368. The molecule has 0 saturated carbocycles. The highest BCUT2D eigenvalue weighted by molar-refractivity contribution is 5.77. The number of methoxy groups -OCH3 is 1. The summed E-state index contributed by atoms with van der Waals surface area (Å²) in [6, 6.07) is 7.70. The van der Waals surface area contributed by atoms with Crippen LogP contribution in [0.25, 0.3) is 0 Å². The van der Waals surface area contributed by atoms with E-state index in [1.165, 1.54) is 0 Å². The first-order valence-corrected chi connectivity index (χ1v) is 8.02. The van der Waals surface area contributed by atoms with Gasteiger partial charge in [-0.1, -0.05) is 12.1 Å². The van der Waals surface area contributed by atoms with Gasteiger partial charge in [0.1, 0.15) is 11.4 Å². The number of carbonyl (C=O) groups excluding carboxylic acids is 1. The quantitative estimate of drug-likeness (QED) is 0.750. The van der Waals surface area contributed by atoms with Crippen molar-refractivity contribution in [2.24, 2.45) is 0 Å². The van der Waals surface area contributed by atoms with Crippen LogP contribution in [0.3, 0.4) is 0 Å². The van der Waals surface area contributed by atoms with Gasteiger partial charge in [0.2, 0.25) is 5.79 Å². The molecule has 0 radical (unpaired) electrons. The van der Waals surface area contributed by atoms with Gasteiger partial charge in [-0.25, -0.2) is 4.98 Å². The number of rotatable bonds is 6. The third-order valence-electron chi connectivity index (χ3n) is 3.96. The number of aromatic nitrogens is 1. The molecule has 1 aromatic heterocycles. The molecule has 0 unspecified atom stereocenters. The minimum absolute atomic E-state index is 0.283. The molecule has 2 aromatic rings. The van der Waals surface area contributed by atoms with Gasteiger partial charge < -0.3 is 18.9 Å². The predicted molar refractivity (Wildman–Crippen MR) is 90.6 cm³/mol. The van der Waals surface area contributed by atoms with E-state index in [-0.39, 0.29) is 5.69 Å². The summed E-state index contributed by atoms with van der Waals surface area (Å²) >= 11 is 0. The molecule has 0 bridgehead atoms. The lowest BCUT2D eigenvalue weighted by molar-refractivity contribution is -0.180. The summed E-state index contributed by atoms with van der Waals surface area (Å²) in [5.74, 6) is 0.509. The monoisotopic (exact) mass is 343 g/mol. The average Bonchev–Trinajstić information content (AvgIpc) is 2.61. The Hall–Kier alpha value is -2.44. The number of pyridine rings is 1. The summed E-state index contributed by atoms with van der Waals surface area (Å²) in [6.45, 7) is 4.77. The number of nitrogens with zero attached hydrogens (tertiary/aromatic N) is 1. The van der Waals surface area contributed by atoms with Crippen LogP contribution in [0.15, 0.2) is 30.5 Å². The maximum absolute atomic E-state index is 11.2. The molecular weight excluding hydrogens is 322 g/mol. The Kier molecular flexibility index (Phi) is 5.01. The van der Waals surface area contributed by atoms with Gasteiger partial charge in [0.15, 0.2) is 12.0 Å². The summed E-state index contributed by atoms with van der Waals surface area (Å²) in [5, 5.41) is 0. The zero-order valence-corrected chi connectivity index (χ0v) is 14.6. The minimum atomic E-state index is -0.783. The SMILES string of the molecule is COc1ccc(COCc2cnc(C=O)c3c2COC(C)(C)O3)cc1. The second kappa shape index (κ2) is 7.21.